The average Bonchev–Trinajstić information content (AvgIpc) is 2.71. The van der Waals surface area contributed by atoms with E-state index in [9.17, 15) is 0 Å². The first-order chi connectivity index (χ1) is 9.35. The third-order valence-corrected chi connectivity index (χ3v) is 4.20. The smallest absolute Gasteiger partial charge is 0.138 e. The van der Waals surface area contributed by atoms with Crippen molar-refractivity contribution >= 4 is 0 Å². The Morgan fingerprint density at radius 2 is 2.11 bits per heavy atom. The minimum atomic E-state index is 0.666. The van der Waals surface area contributed by atoms with Crippen LogP contribution in [0, 0.1) is 5.92 Å². The van der Waals surface area contributed by atoms with E-state index in [1.165, 1.54) is 37.9 Å². The number of hydrogen-bond donors (Lipinski definition) is 1. The lowest BCUT2D eigenvalue weighted by Crippen LogP contribution is -2.36. The maximum absolute atomic E-state index is 4.48. The molecular weight excluding hydrogens is 236 g/mol. The SMILES string of the molecule is CCCn1ncnc1CC1CCCCCC1NCC. The van der Waals surface area contributed by atoms with Gasteiger partial charge in [-0.2, -0.15) is 5.10 Å². The molecule has 0 radical (unpaired) electrons. The quantitative estimate of drug-likeness (QED) is 0.803. The van der Waals surface area contributed by atoms with Crippen molar-refractivity contribution in [1.29, 1.82) is 0 Å². The molecule has 2 unspecified atom stereocenters. The molecule has 0 aromatic carbocycles. The summed E-state index contributed by atoms with van der Waals surface area (Å²) in [5, 5.41) is 8.03. The average molecular weight is 264 g/mol. The predicted molar refractivity (Wildman–Crippen MR) is 78.1 cm³/mol. The molecule has 0 amide bonds. The third kappa shape index (κ3) is 4.03. The van der Waals surface area contributed by atoms with Gasteiger partial charge in [0, 0.05) is 19.0 Å². The van der Waals surface area contributed by atoms with E-state index in [0.717, 1.165) is 31.8 Å². The Balaban J connectivity index is 2.02. The molecule has 4 nitrogen and oxygen atoms in total. The Labute approximate surface area is 117 Å². The first kappa shape index (κ1) is 14.5. The minimum Gasteiger partial charge on any atom is -0.314 e. The molecule has 108 valence electrons. The summed E-state index contributed by atoms with van der Waals surface area (Å²) in [6, 6.07) is 0.666. The van der Waals surface area contributed by atoms with E-state index in [1.807, 2.05) is 0 Å². The van der Waals surface area contributed by atoms with Gasteiger partial charge in [0.25, 0.3) is 0 Å². The van der Waals surface area contributed by atoms with Crippen LogP contribution in [-0.2, 0) is 13.0 Å². The zero-order chi connectivity index (χ0) is 13.5. The molecule has 1 aromatic heterocycles. The molecule has 1 fully saturated rings. The van der Waals surface area contributed by atoms with Crippen LogP contribution in [0.5, 0.6) is 0 Å². The van der Waals surface area contributed by atoms with Crippen LogP contribution < -0.4 is 5.32 Å². The number of aryl methyl sites for hydroxylation is 1. The summed E-state index contributed by atoms with van der Waals surface area (Å²) in [4.78, 5) is 4.48. The molecule has 1 heterocycles. The number of aromatic nitrogens is 3. The Morgan fingerprint density at radius 3 is 2.89 bits per heavy atom. The van der Waals surface area contributed by atoms with Gasteiger partial charge in [0.2, 0.25) is 0 Å². The number of nitrogens with zero attached hydrogens (tertiary/aromatic N) is 3. The Kier molecular flexibility index (Phi) is 5.83. The molecule has 2 atom stereocenters. The van der Waals surface area contributed by atoms with Crippen molar-refractivity contribution < 1.29 is 0 Å². The lowest BCUT2D eigenvalue weighted by Gasteiger charge is -2.25. The molecule has 0 saturated heterocycles. The second kappa shape index (κ2) is 7.63. The molecule has 1 N–H and O–H groups in total. The Morgan fingerprint density at radius 1 is 1.26 bits per heavy atom. The first-order valence-electron chi connectivity index (χ1n) is 7.95. The van der Waals surface area contributed by atoms with Gasteiger partial charge in [-0.1, -0.05) is 33.1 Å². The lowest BCUT2D eigenvalue weighted by atomic mass is 9.91. The second-order valence-corrected chi connectivity index (χ2v) is 5.67. The Hall–Kier alpha value is -0.900. The molecule has 1 aromatic rings. The van der Waals surface area contributed by atoms with Crippen LogP contribution in [0.25, 0.3) is 0 Å². The molecule has 2 rings (SSSR count). The maximum Gasteiger partial charge on any atom is 0.138 e. The number of hydrogen-bond acceptors (Lipinski definition) is 3. The topological polar surface area (TPSA) is 42.7 Å². The summed E-state index contributed by atoms with van der Waals surface area (Å²) in [5.41, 5.74) is 0. The normalized spacial score (nSPS) is 24.3. The fourth-order valence-electron chi connectivity index (χ4n) is 3.24. The van der Waals surface area contributed by atoms with Crippen molar-refractivity contribution in [2.45, 2.75) is 71.4 Å². The highest BCUT2D eigenvalue weighted by molar-refractivity contribution is 4.92. The number of nitrogens with one attached hydrogen (secondary N) is 1. The number of rotatable bonds is 6. The summed E-state index contributed by atoms with van der Waals surface area (Å²) >= 11 is 0. The van der Waals surface area contributed by atoms with E-state index in [0.29, 0.717) is 6.04 Å². The summed E-state index contributed by atoms with van der Waals surface area (Å²) in [6.45, 7) is 6.47. The summed E-state index contributed by atoms with van der Waals surface area (Å²) in [7, 11) is 0. The largest absolute Gasteiger partial charge is 0.314 e. The highest BCUT2D eigenvalue weighted by atomic mass is 15.3. The molecule has 0 spiro atoms. The molecule has 0 bridgehead atoms. The van der Waals surface area contributed by atoms with Gasteiger partial charge in [0.15, 0.2) is 0 Å². The van der Waals surface area contributed by atoms with Crippen LogP contribution in [0.3, 0.4) is 0 Å². The van der Waals surface area contributed by atoms with Crippen LogP contribution in [0.2, 0.25) is 0 Å². The molecular formula is C15H28N4. The molecule has 1 aliphatic carbocycles. The monoisotopic (exact) mass is 264 g/mol. The van der Waals surface area contributed by atoms with Crippen LogP contribution >= 0.6 is 0 Å². The first-order valence-corrected chi connectivity index (χ1v) is 7.95. The molecule has 1 saturated carbocycles. The third-order valence-electron chi connectivity index (χ3n) is 4.20. The van der Waals surface area contributed by atoms with Crippen LogP contribution in [0.1, 0.15) is 58.2 Å². The molecule has 19 heavy (non-hydrogen) atoms. The van der Waals surface area contributed by atoms with Gasteiger partial charge in [-0.3, -0.25) is 4.68 Å². The second-order valence-electron chi connectivity index (χ2n) is 5.67. The van der Waals surface area contributed by atoms with E-state index >= 15 is 0 Å². The van der Waals surface area contributed by atoms with Crippen molar-refractivity contribution in [3.8, 4) is 0 Å². The van der Waals surface area contributed by atoms with Crippen LogP contribution in [0.15, 0.2) is 6.33 Å². The fourth-order valence-corrected chi connectivity index (χ4v) is 3.24. The van der Waals surface area contributed by atoms with Crippen molar-refractivity contribution in [3.63, 3.8) is 0 Å². The van der Waals surface area contributed by atoms with Crippen LogP contribution in [0.4, 0.5) is 0 Å². The summed E-state index contributed by atoms with van der Waals surface area (Å²) in [6.07, 6.45) is 10.7. The van der Waals surface area contributed by atoms with Gasteiger partial charge in [-0.25, -0.2) is 4.98 Å². The predicted octanol–water partition coefficient (Wildman–Crippen LogP) is 2.79. The van der Waals surface area contributed by atoms with E-state index < -0.39 is 0 Å². The minimum absolute atomic E-state index is 0.666. The van der Waals surface area contributed by atoms with Gasteiger partial charge < -0.3 is 5.32 Å². The van der Waals surface area contributed by atoms with Crippen molar-refractivity contribution in [2.24, 2.45) is 5.92 Å². The highest BCUT2D eigenvalue weighted by Crippen LogP contribution is 2.26. The summed E-state index contributed by atoms with van der Waals surface area (Å²) < 4.78 is 2.09. The van der Waals surface area contributed by atoms with Crippen LogP contribution in [-0.4, -0.2) is 27.4 Å². The van der Waals surface area contributed by atoms with Gasteiger partial charge in [-0.15, -0.1) is 0 Å². The lowest BCUT2D eigenvalue weighted by molar-refractivity contribution is 0.327. The Bertz CT molecular complexity index is 361. The van der Waals surface area contributed by atoms with Gasteiger partial charge in [0.1, 0.15) is 12.2 Å². The van der Waals surface area contributed by atoms with E-state index in [2.05, 4.69) is 33.9 Å². The molecule has 0 aliphatic heterocycles. The summed E-state index contributed by atoms with van der Waals surface area (Å²) in [5.74, 6) is 1.90. The maximum atomic E-state index is 4.48. The highest BCUT2D eigenvalue weighted by Gasteiger charge is 2.24. The van der Waals surface area contributed by atoms with Crippen molar-refractivity contribution in [3.05, 3.63) is 12.2 Å². The van der Waals surface area contributed by atoms with E-state index in [4.69, 9.17) is 0 Å². The van der Waals surface area contributed by atoms with Gasteiger partial charge >= 0.3 is 0 Å². The van der Waals surface area contributed by atoms with Gasteiger partial charge in [0.05, 0.1) is 0 Å². The van der Waals surface area contributed by atoms with E-state index in [-0.39, 0.29) is 0 Å². The van der Waals surface area contributed by atoms with E-state index in [1.54, 1.807) is 6.33 Å². The van der Waals surface area contributed by atoms with Crippen molar-refractivity contribution in [1.82, 2.24) is 20.1 Å². The fraction of sp³-hybridized carbons (Fsp3) is 0.867. The molecule has 1 aliphatic rings. The van der Waals surface area contributed by atoms with Crippen molar-refractivity contribution in [2.75, 3.05) is 6.54 Å². The molecule has 4 heteroatoms. The standard InChI is InChI=1S/C15H28N4/c1-3-10-19-15(17-12-18-19)11-13-8-6-5-7-9-14(13)16-4-2/h12-14,16H,3-11H2,1-2H3. The zero-order valence-corrected chi connectivity index (χ0v) is 12.4. The van der Waals surface area contributed by atoms with Gasteiger partial charge in [-0.05, 0) is 31.7 Å². The zero-order valence-electron chi connectivity index (χ0n) is 12.4.